The van der Waals surface area contributed by atoms with Crippen LogP contribution >= 0.6 is 11.3 Å². The molecule has 1 saturated heterocycles. The Labute approximate surface area is 93.0 Å². The first-order chi connectivity index (χ1) is 7.20. The third kappa shape index (κ3) is 2.15. The number of anilines is 1. The number of rotatable bonds is 4. The van der Waals surface area contributed by atoms with E-state index in [1.165, 1.54) is 11.3 Å². The molecule has 0 spiro atoms. The first-order valence-corrected chi connectivity index (χ1v) is 5.62. The number of thiazole rings is 1. The first kappa shape index (κ1) is 10.5. The van der Waals surface area contributed by atoms with Crippen LogP contribution in [0.3, 0.4) is 0 Å². The minimum Gasteiger partial charge on any atom is -0.478 e. The molecular weight excluding hydrogens is 214 g/mol. The van der Waals surface area contributed by atoms with Gasteiger partial charge >= 0.3 is 0 Å². The van der Waals surface area contributed by atoms with E-state index in [0.717, 1.165) is 23.3 Å². The van der Waals surface area contributed by atoms with Crippen molar-refractivity contribution in [2.45, 2.75) is 6.10 Å². The molecule has 0 atom stereocenters. The molecule has 0 aromatic carbocycles. The van der Waals surface area contributed by atoms with Crippen LogP contribution in [-0.2, 0) is 0 Å². The van der Waals surface area contributed by atoms with Gasteiger partial charge in [-0.1, -0.05) is 11.3 Å². The fourth-order valence-corrected chi connectivity index (χ4v) is 2.05. The van der Waals surface area contributed by atoms with E-state index in [2.05, 4.69) is 10.3 Å². The maximum Gasteiger partial charge on any atom is 0.270 e. The number of aromatic nitrogens is 1. The second-order valence-corrected chi connectivity index (χ2v) is 4.53. The Hall–Kier alpha value is -1.01. The Morgan fingerprint density at radius 3 is 2.67 bits per heavy atom. The maximum atomic E-state index is 5.74. The predicted molar refractivity (Wildman–Crippen MR) is 60.3 cm³/mol. The Morgan fingerprint density at radius 1 is 1.47 bits per heavy atom. The van der Waals surface area contributed by atoms with E-state index < -0.39 is 0 Å². The van der Waals surface area contributed by atoms with Crippen LogP contribution < -0.4 is 19.7 Å². The molecule has 1 aromatic heterocycles. The standard InChI is InChI=1S/C9H15N3O2S/c1-12(2)9-11-7(13-3)8(15-9)14-6-4-10-5-6/h6,10H,4-5H2,1-3H3. The van der Waals surface area contributed by atoms with Crippen LogP contribution in [0.2, 0.25) is 0 Å². The van der Waals surface area contributed by atoms with Crippen LogP contribution in [0.1, 0.15) is 0 Å². The van der Waals surface area contributed by atoms with Gasteiger partial charge in [0.05, 0.1) is 7.11 Å². The number of methoxy groups -OCH3 is 1. The lowest BCUT2D eigenvalue weighted by Crippen LogP contribution is -2.50. The molecule has 1 aliphatic heterocycles. The average molecular weight is 229 g/mol. The monoisotopic (exact) mass is 229 g/mol. The number of hydrogen-bond donors (Lipinski definition) is 1. The fourth-order valence-electron chi connectivity index (χ4n) is 1.17. The largest absolute Gasteiger partial charge is 0.478 e. The Morgan fingerprint density at radius 2 is 2.20 bits per heavy atom. The zero-order valence-electron chi connectivity index (χ0n) is 9.11. The van der Waals surface area contributed by atoms with Crippen LogP contribution in [-0.4, -0.2) is 45.4 Å². The van der Waals surface area contributed by atoms with E-state index in [9.17, 15) is 0 Å². The van der Waals surface area contributed by atoms with Crippen molar-refractivity contribution in [3.05, 3.63) is 0 Å². The highest BCUT2D eigenvalue weighted by atomic mass is 32.1. The molecule has 0 bridgehead atoms. The van der Waals surface area contributed by atoms with Gasteiger partial charge in [0.2, 0.25) is 5.06 Å². The maximum absolute atomic E-state index is 5.74. The SMILES string of the molecule is COc1nc(N(C)C)sc1OC1CNC1. The van der Waals surface area contributed by atoms with Crippen molar-refractivity contribution in [1.29, 1.82) is 0 Å². The lowest BCUT2D eigenvalue weighted by Gasteiger charge is -2.26. The minimum atomic E-state index is 0.259. The summed E-state index contributed by atoms with van der Waals surface area (Å²) in [4.78, 5) is 6.26. The third-order valence-corrected chi connectivity index (χ3v) is 3.24. The van der Waals surface area contributed by atoms with E-state index in [-0.39, 0.29) is 6.10 Å². The zero-order valence-corrected chi connectivity index (χ0v) is 9.93. The summed E-state index contributed by atoms with van der Waals surface area (Å²) in [7, 11) is 5.51. The van der Waals surface area contributed by atoms with Crippen LogP contribution in [0.15, 0.2) is 0 Å². The number of ether oxygens (including phenoxy) is 2. The summed E-state index contributed by atoms with van der Waals surface area (Å²) >= 11 is 1.51. The van der Waals surface area contributed by atoms with Gasteiger partial charge < -0.3 is 19.7 Å². The lowest BCUT2D eigenvalue weighted by atomic mass is 10.2. The summed E-state index contributed by atoms with van der Waals surface area (Å²) in [6.45, 7) is 1.80. The smallest absolute Gasteiger partial charge is 0.270 e. The van der Waals surface area contributed by atoms with Gasteiger partial charge in [0.15, 0.2) is 5.13 Å². The van der Waals surface area contributed by atoms with Gasteiger partial charge in [-0.15, -0.1) is 0 Å². The summed E-state index contributed by atoms with van der Waals surface area (Å²) in [5.41, 5.74) is 0. The molecule has 1 fully saturated rings. The molecule has 0 aliphatic carbocycles. The van der Waals surface area contributed by atoms with Crippen molar-refractivity contribution in [1.82, 2.24) is 10.3 Å². The summed E-state index contributed by atoms with van der Waals surface area (Å²) in [5, 5.41) is 4.82. The van der Waals surface area contributed by atoms with Crippen LogP contribution in [0.4, 0.5) is 5.13 Å². The number of nitrogens with zero attached hydrogens (tertiary/aromatic N) is 2. The van der Waals surface area contributed by atoms with Gasteiger partial charge in [-0.3, -0.25) is 0 Å². The first-order valence-electron chi connectivity index (χ1n) is 4.80. The molecule has 1 aromatic rings. The molecule has 2 heterocycles. The van der Waals surface area contributed by atoms with Crippen LogP contribution in [0.5, 0.6) is 10.9 Å². The van der Waals surface area contributed by atoms with Gasteiger partial charge in [0, 0.05) is 27.2 Å². The van der Waals surface area contributed by atoms with E-state index in [1.54, 1.807) is 7.11 Å². The molecule has 2 rings (SSSR count). The topological polar surface area (TPSA) is 46.6 Å². The summed E-state index contributed by atoms with van der Waals surface area (Å²) in [5.74, 6) is 0.579. The minimum absolute atomic E-state index is 0.259. The van der Waals surface area contributed by atoms with Gasteiger partial charge in [-0.2, -0.15) is 4.98 Å². The lowest BCUT2D eigenvalue weighted by molar-refractivity contribution is 0.142. The highest BCUT2D eigenvalue weighted by Crippen LogP contribution is 2.38. The summed E-state index contributed by atoms with van der Waals surface area (Å²) < 4.78 is 10.9. The van der Waals surface area contributed by atoms with E-state index in [4.69, 9.17) is 9.47 Å². The van der Waals surface area contributed by atoms with Crippen molar-refractivity contribution in [2.75, 3.05) is 39.2 Å². The molecule has 5 nitrogen and oxygen atoms in total. The van der Waals surface area contributed by atoms with Crippen molar-refractivity contribution in [3.8, 4) is 10.9 Å². The van der Waals surface area contributed by atoms with Gasteiger partial charge in [0.25, 0.3) is 5.88 Å². The third-order valence-electron chi connectivity index (χ3n) is 2.15. The van der Waals surface area contributed by atoms with Crippen molar-refractivity contribution in [3.63, 3.8) is 0 Å². The Bertz CT molecular complexity index is 336. The molecule has 0 amide bonds. The van der Waals surface area contributed by atoms with E-state index >= 15 is 0 Å². The Kier molecular flexibility index (Phi) is 2.97. The molecule has 0 unspecified atom stereocenters. The average Bonchev–Trinajstić information content (AvgIpc) is 2.54. The van der Waals surface area contributed by atoms with Gasteiger partial charge in [-0.25, -0.2) is 0 Å². The number of nitrogens with one attached hydrogen (secondary N) is 1. The Balaban J connectivity index is 2.12. The van der Waals surface area contributed by atoms with Gasteiger partial charge in [0.1, 0.15) is 6.10 Å². The molecule has 1 aliphatic rings. The fraction of sp³-hybridized carbons (Fsp3) is 0.667. The highest BCUT2D eigenvalue weighted by Gasteiger charge is 2.23. The highest BCUT2D eigenvalue weighted by molar-refractivity contribution is 7.17. The molecule has 0 saturated carbocycles. The molecule has 15 heavy (non-hydrogen) atoms. The van der Waals surface area contributed by atoms with Crippen LogP contribution in [0, 0.1) is 0 Å². The normalized spacial score (nSPS) is 15.9. The molecule has 6 heteroatoms. The van der Waals surface area contributed by atoms with Crippen molar-refractivity contribution < 1.29 is 9.47 Å². The van der Waals surface area contributed by atoms with Crippen molar-refractivity contribution in [2.24, 2.45) is 0 Å². The van der Waals surface area contributed by atoms with Crippen LogP contribution in [0.25, 0.3) is 0 Å². The molecule has 1 N–H and O–H groups in total. The second-order valence-electron chi connectivity index (χ2n) is 3.59. The van der Waals surface area contributed by atoms with E-state index in [0.29, 0.717) is 5.88 Å². The number of hydrogen-bond acceptors (Lipinski definition) is 6. The summed E-state index contributed by atoms with van der Waals surface area (Å²) in [6.07, 6.45) is 0.259. The van der Waals surface area contributed by atoms with Crippen molar-refractivity contribution >= 4 is 16.5 Å². The quantitative estimate of drug-likeness (QED) is 0.818. The summed E-state index contributed by atoms with van der Waals surface area (Å²) in [6, 6.07) is 0. The molecule has 0 radical (unpaired) electrons. The van der Waals surface area contributed by atoms with E-state index in [1.807, 2.05) is 19.0 Å². The second kappa shape index (κ2) is 4.24. The molecule has 84 valence electrons. The molecular formula is C9H15N3O2S. The predicted octanol–water partition coefficient (Wildman–Crippen LogP) is 0.568. The van der Waals surface area contributed by atoms with Gasteiger partial charge in [-0.05, 0) is 0 Å². The zero-order chi connectivity index (χ0) is 10.8.